The van der Waals surface area contributed by atoms with Crippen molar-refractivity contribution in [2.24, 2.45) is 7.05 Å². The molecule has 1 N–H and O–H groups in total. The first-order chi connectivity index (χ1) is 5.57. The third-order valence-corrected chi connectivity index (χ3v) is 1.89. The largest absolute Gasteiger partial charge is 0.331 e. The van der Waals surface area contributed by atoms with Gasteiger partial charge in [0, 0.05) is 13.3 Å². The summed E-state index contributed by atoms with van der Waals surface area (Å²) < 4.78 is 1.95. The number of rotatable bonds is 2. The lowest BCUT2D eigenvalue weighted by atomic mass is 10.2. The van der Waals surface area contributed by atoms with E-state index in [9.17, 15) is 0 Å². The Labute approximate surface area is 72.3 Å². The lowest BCUT2D eigenvalue weighted by Crippen LogP contribution is -1.97. The molecule has 12 heavy (non-hydrogen) atoms. The van der Waals surface area contributed by atoms with E-state index in [2.05, 4.69) is 11.6 Å². The molecule has 0 saturated carbocycles. The van der Waals surface area contributed by atoms with Gasteiger partial charge in [-0.15, -0.1) is 0 Å². The Hall–Kier alpha value is -1.38. The fourth-order valence-electron chi connectivity index (χ4n) is 1.24. The monoisotopic (exact) mass is 163 g/mol. The van der Waals surface area contributed by atoms with Crippen molar-refractivity contribution in [1.82, 2.24) is 9.55 Å². The van der Waals surface area contributed by atoms with E-state index in [1.807, 2.05) is 25.5 Å². The van der Waals surface area contributed by atoms with Gasteiger partial charge in [0.25, 0.3) is 0 Å². The molecule has 0 amide bonds. The summed E-state index contributed by atoms with van der Waals surface area (Å²) in [6.07, 6.45) is 1.26. The van der Waals surface area contributed by atoms with Crippen molar-refractivity contribution in [2.45, 2.75) is 13.8 Å². The summed E-state index contributed by atoms with van der Waals surface area (Å²) in [5.74, 6) is 0.909. The third kappa shape index (κ3) is 1.18. The van der Waals surface area contributed by atoms with Crippen LogP contribution < -0.4 is 0 Å². The predicted molar refractivity (Wildman–Crippen MR) is 50.5 cm³/mol. The number of hydrogen-bond acceptors (Lipinski definition) is 2. The van der Waals surface area contributed by atoms with E-state index >= 15 is 0 Å². The molecule has 1 aromatic rings. The normalized spacial score (nSPS) is 9.92. The smallest absolute Gasteiger partial charge is 0.107 e. The minimum atomic E-state index is 0.697. The van der Waals surface area contributed by atoms with E-state index in [0.717, 1.165) is 17.1 Å². The number of imidazole rings is 1. The minimum Gasteiger partial charge on any atom is -0.331 e. The summed E-state index contributed by atoms with van der Waals surface area (Å²) >= 11 is 0. The Balaban J connectivity index is 3.40. The first kappa shape index (κ1) is 8.71. The van der Waals surface area contributed by atoms with E-state index in [0.29, 0.717) is 5.69 Å². The van der Waals surface area contributed by atoms with Gasteiger partial charge in [-0.1, -0.05) is 6.58 Å². The molecular formula is C9H13N3. The van der Waals surface area contributed by atoms with E-state index in [4.69, 9.17) is 5.41 Å². The molecular weight excluding hydrogens is 150 g/mol. The highest BCUT2D eigenvalue weighted by atomic mass is 15.1. The van der Waals surface area contributed by atoms with Gasteiger partial charge in [-0.05, 0) is 19.4 Å². The van der Waals surface area contributed by atoms with Crippen LogP contribution in [0.15, 0.2) is 6.58 Å². The lowest BCUT2D eigenvalue weighted by Gasteiger charge is -2.02. The Morgan fingerprint density at radius 2 is 2.25 bits per heavy atom. The van der Waals surface area contributed by atoms with Gasteiger partial charge < -0.3 is 9.98 Å². The van der Waals surface area contributed by atoms with Crippen molar-refractivity contribution in [1.29, 1.82) is 5.41 Å². The van der Waals surface area contributed by atoms with E-state index in [-0.39, 0.29) is 0 Å². The maximum Gasteiger partial charge on any atom is 0.107 e. The zero-order valence-electron chi connectivity index (χ0n) is 7.68. The van der Waals surface area contributed by atoms with Crippen LogP contribution in [0.25, 0.3) is 5.57 Å². The van der Waals surface area contributed by atoms with Gasteiger partial charge in [-0.2, -0.15) is 0 Å². The van der Waals surface area contributed by atoms with Crippen LogP contribution in [0.5, 0.6) is 0 Å². The minimum absolute atomic E-state index is 0.697. The summed E-state index contributed by atoms with van der Waals surface area (Å²) in [6, 6.07) is 0. The number of allylic oxidation sites excluding steroid dienone is 1. The second kappa shape index (κ2) is 2.93. The fraction of sp³-hybridized carbons (Fsp3) is 0.333. The number of aryl methyl sites for hydroxylation is 1. The molecule has 0 unspecified atom stereocenters. The Bertz CT molecular complexity index is 334. The van der Waals surface area contributed by atoms with E-state index in [1.54, 1.807) is 0 Å². The molecule has 3 heteroatoms. The van der Waals surface area contributed by atoms with Gasteiger partial charge in [0.05, 0.1) is 5.69 Å². The summed E-state index contributed by atoms with van der Waals surface area (Å²) in [6.45, 7) is 7.68. The van der Waals surface area contributed by atoms with Crippen LogP contribution in [0.3, 0.4) is 0 Å². The Kier molecular flexibility index (Phi) is 2.13. The number of nitrogens with zero attached hydrogens (tertiary/aromatic N) is 2. The van der Waals surface area contributed by atoms with Gasteiger partial charge in [-0.3, -0.25) is 0 Å². The van der Waals surface area contributed by atoms with Crippen molar-refractivity contribution < 1.29 is 0 Å². The Morgan fingerprint density at radius 1 is 1.67 bits per heavy atom. The van der Waals surface area contributed by atoms with Crippen LogP contribution in [0.4, 0.5) is 0 Å². The maximum absolute atomic E-state index is 7.15. The first-order valence-corrected chi connectivity index (χ1v) is 3.77. The van der Waals surface area contributed by atoms with Crippen molar-refractivity contribution in [3.63, 3.8) is 0 Å². The predicted octanol–water partition coefficient (Wildman–Crippen LogP) is 1.76. The summed E-state index contributed by atoms with van der Waals surface area (Å²) in [4.78, 5) is 4.21. The second-order valence-electron chi connectivity index (χ2n) is 2.88. The van der Waals surface area contributed by atoms with E-state index < -0.39 is 0 Å². The molecule has 0 atom stereocenters. The SMILES string of the molecule is C=C(C)c1c(C=N)nc(C)n1C. The van der Waals surface area contributed by atoms with Gasteiger partial charge in [-0.25, -0.2) is 4.98 Å². The molecule has 0 radical (unpaired) electrons. The highest BCUT2D eigenvalue weighted by Crippen LogP contribution is 2.15. The molecule has 0 fully saturated rings. The first-order valence-electron chi connectivity index (χ1n) is 3.77. The zero-order valence-corrected chi connectivity index (χ0v) is 7.68. The van der Waals surface area contributed by atoms with Crippen LogP contribution in [-0.4, -0.2) is 15.8 Å². The molecule has 64 valence electrons. The summed E-state index contributed by atoms with van der Waals surface area (Å²) in [5.41, 5.74) is 2.58. The molecule has 0 aromatic carbocycles. The van der Waals surface area contributed by atoms with Crippen LogP contribution in [-0.2, 0) is 7.05 Å². The molecule has 0 aliphatic rings. The molecule has 0 bridgehead atoms. The summed E-state index contributed by atoms with van der Waals surface area (Å²) in [7, 11) is 1.93. The van der Waals surface area contributed by atoms with Crippen LogP contribution in [0.1, 0.15) is 24.1 Å². The molecule has 0 aliphatic heterocycles. The zero-order chi connectivity index (χ0) is 9.30. The quantitative estimate of drug-likeness (QED) is 0.663. The van der Waals surface area contributed by atoms with Gasteiger partial charge in [0.2, 0.25) is 0 Å². The number of hydrogen-bond donors (Lipinski definition) is 1. The molecule has 1 heterocycles. The summed E-state index contributed by atoms with van der Waals surface area (Å²) in [5, 5.41) is 7.15. The number of aromatic nitrogens is 2. The van der Waals surface area contributed by atoms with E-state index in [1.165, 1.54) is 6.21 Å². The van der Waals surface area contributed by atoms with Crippen molar-refractivity contribution >= 4 is 11.8 Å². The standard InChI is InChI=1S/C9H13N3/c1-6(2)9-8(5-10)11-7(3)12(9)4/h5,10H,1H2,2-4H3. The van der Waals surface area contributed by atoms with Gasteiger partial charge >= 0.3 is 0 Å². The molecule has 0 saturated heterocycles. The molecule has 3 nitrogen and oxygen atoms in total. The van der Waals surface area contributed by atoms with Crippen molar-refractivity contribution in [2.75, 3.05) is 0 Å². The average molecular weight is 163 g/mol. The van der Waals surface area contributed by atoms with Gasteiger partial charge in [0.15, 0.2) is 0 Å². The number of nitrogens with one attached hydrogen (secondary N) is 1. The van der Waals surface area contributed by atoms with Crippen LogP contribution in [0, 0.1) is 12.3 Å². The second-order valence-corrected chi connectivity index (χ2v) is 2.88. The maximum atomic E-state index is 7.15. The third-order valence-electron chi connectivity index (χ3n) is 1.89. The molecule has 1 aromatic heterocycles. The van der Waals surface area contributed by atoms with Crippen LogP contribution >= 0.6 is 0 Å². The van der Waals surface area contributed by atoms with Crippen LogP contribution in [0.2, 0.25) is 0 Å². The van der Waals surface area contributed by atoms with Crippen molar-refractivity contribution in [3.8, 4) is 0 Å². The molecule has 0 aliphatic carbocycles. The van der Waals surface area contributed by atoms with Crippen molar-refractivity contribution in [3.05, 3.63) is 23.8 Å². The molecule has 0 spiro atoms. The lowest BCUT2D eigenvalue weighted by molar-refractivity contribution is 0.845. The topological polar surface area (TPSA) is 41.7 Å². The highest BCUT2D eigenvalue weighted by molar-refractivity contribution is 5.82. The molecule has 1 rings (SSSR count). The fourth-order valence-corrected chi connectivity index (χ4v) is 1.24. The highest BCUT2D eigenvalue weighted by Gasteiger charge is 2.09. The van der Waals surface area contributed by atoms with Gasteiger partial charge in [0.1, 0.15) is 11.5 Å². The Morgan fingerprint density at radius 3 is 2.58 bits per heavy atom. The average Bonchev–Trinajstić information content (AvgIpc) is 2.28.